The maximum absolute atomic E-state index is 6.33. The first-order valence-electron chi connectivity index (χ1n) is 7.24. The van der Waals surface area contributed by atoms with E-state index < -0.39 is 0 Å². The Morgan fingerprint density at radius 3 is 2.57 bits per heavy atom. The van der Waals surface area contributed by atoms with Crippen molar-refractivity contribution in [2.24, 2.45) is 5.92 Å². The van der Waals surface area contributed by atoms with E-state index in [0.29, 0.717) is 21.8 Å². The number of benzene rings is 1. The Labute approximate surface area is 136 Å². The lowest BCUT2D eigenvalue weighted by Gasteiger charge is -2.12. The largest absolute Gasteiger partial charge is 0.383 e. The molecule has 0 aliphatic heterocycles. The van der Waals surface area contributed by atoms with Gasteiger partial charge in [-0.2, -0.15) is 0 Å². The fraction of sp³-hybridized carbons (Fsp3) is 0.438. The minimum Gasteiger partial charge on any atom is -0.383 e. The van der Waals surface area contributed by atoms with E-state index in [4.69, 9.17) is 33.9 Å². The molecule has 0 amide bonds. The third-order valence-corrected chi connectivity index (χ3v) is 3.84. The van der Waals surface area contributed by atoms with Crippen LogP contribution in [0, 0.1) is 5.92 Å². The van der Waals surface area contributed by atoms with E-state index in [0.717, 1.165) is 36.5 Å². The third-order valence-electron chi connectivity index (χ3n) is 3.29. The van der Waals surface area contributed by atoms with E-state index in [-0.39, 0.29) is 0 Å². The number of halogens is 2. The lowest BCUT2D eigenvalue weighted by Crippen LogP contribution is -2.11. The van der Waals surface area contributed by atoms with E-state index in [1.165, 1.54) is 0 Å². The first kappa shape index (κ1) is 16.2. The second-order valence-electron chi connectivity index (χ2n) is 5.64. The first-order valence-corrected chi connectivity index (χ1v) is 7.99. The summed E-state index contributed by atoms with van der Waals surface area (Å²) in [5.41, 5.74) is 7.91. The molecule has 0 aliphatic carbocycles. The molecule has 0 aliphatic rings. The molecule has 2 N–H and O–H groups in total. The molecule has 1 aromatic carbocycles. The van der Waals surface area contributed by atoms with Gasteiger partial charge in [-0.05, 0) is 30.5 Å². The van der Waals surface area contributed by atoms with Gasteiger partial charge in [-0.3, -0.25) is 0 Å². The molecule has 114 valence electrons. The van der Waals surface area contributed by atoms with Crippen LogP contribution in [0.15, 0.2) is 18.2 Å². The quantitative estimate of drug-likeness (QED) is 0.836. The molecule has 3 nitrogen and oxygen atoms in total. The predicted octanol–water partition coefficient (Wildman–Crippen LogP) is 5.05. The second kappa shape index (κ2) is 6.71. The first-order chi connectivity index (χ1) is 9.93. The van der Waals surface area contributed by atoms with Crippen LogP contribution in [0.2, 0.25) is 10.0 Å². The highest BCUT2D eigenvalue weighted by atomic mass is 35.5. The molecule has 21 heavy (non-hydrogen) atoms. The zero-order chi connectivity index (χ0) is 15.6. The monoisotopic (exact) mass is 325 g/mol. The Bertz CT molecular complexity index is 633. The zero-order valence-corrected chi connectivity index (χ0v) is 14.2. The molecule has 0 saturated carbocycles. The Morgan fingerprint density at radius 1 is 1.29 bits per heavy atom. The van der Waals surface area contributed by atoms with Crippen molar-refractivity contribution < 1.29 is 0 Å². The van der Waals surface area contributed by atoms with Crippen LogP contribution in [0.4, 0.5) is 5.82 Å². The molecule has 0 fully saturated rings. The van der Waals surface area contributed by atoms with E-state index in [2.05, 4.69) is 25.3 Å². The SMILES string of the molecule is CCCc1nc(-c2ccc(Cl)cc2Cl)c(N)n1CC(C)C. The molecule has 1 aromatic heterocycles. The van der Waals surface area contributed by atoms with Crippen molar-refractivity contribution >= 4 is 29.0 Å². The van der Waals surface area contributed by atoms with E-state index in [1.54, 1.807) is 6.07 Å². The molecule has 0 radical (unpaired) electrons. The van der Waals surface area contributed by atoms with E-state index in [9.17, 15) is 0 Å². The van der Waals surface area contributed by atoms with Crippen LogP contribution < -0.4 is 5.73 Å². The van der Waals surface area contributed by atoms with Gasteiger partial charge < -0.3 is 10.3 Å². The molecular formula is C16H21Cl2N3. The molecule has 5 heteroatoms. The lowest BCUT2D eigenvalue weighted by atomic mass is 10.1. The minimum absolute atomic E-state index is 0.505. The summed E-state index contributed by atoms with van der Waals surface area (Å²) in [5, 5.41) is 1.18. The number of anilines is 1. The maximum atomic E-state index is 6.33. The number of hydrogen-bond donors (Lipinski definition) is 1. The summed E-state index contributed by atoms with van der Waals surface area (Å²) in [5.74, 6) is 2.20. The summed E-state index contributed by atoms with van der Waals surface area (Å²) in [6.45, 7) is 7.34. The van der Waals surface area contributed by atoms with Gasteiger partial charge in [0.2, 0.25) is 0 Å². The summed E-state index contributed by atoms with van der Waals surface area (Å²) in [6, 6.07) is 5.40. The molecule has 0 atom stereocenters. The summed E-state index contributed by atoms with van der Waals surface area (Å²) in [7, 11) is 0. The standard InChI is InChI=1S/C16H21Cl2N3/c1-4-5-14-20-15(16(19)21(14)9-10(2)3)12-7-6-11(17)8-13(12)18/h6-8,10H,4-5,9,19H2,1-3H3. The molecule has 0 unspecified atom stereocenters. The van der Waals surface area contributed by atoms with Crippen molar-refractivity contribution in [3.63, 3.8) is 0 Å². The lowest BCUT2D eigenvalue weighted by molar-refractivity contribution is 0.510. The van der Waals surface area contributed by atoms with Crippen molar-refractivity contribution in [3.05, 3.63) is 34.1 Å². The zero-order valence-electron chi connectivity index (χ0n) is 12.7. The highest BCUT2D eigenvalue weighted by molar-refractivity contribution is 6.36. The molecule has 0 spiro atoms. The number of rotatable bonds is 5. The highest BCUT2D eigenvalue weighted by Gasteiger charge is 2.18. The number of hydrogen-bond acceptors (Lipinski definition) is 2. The van der Waals surface area contributed by atoms with Crippen LogP contribution >= 0.6 is 23.2 Å². The van der Waals surface area contributed by atoms with Gasteiger partial charge in [0.25, 0.3) is 0 Å². The summed E-state index contributed by atoms with van der Waals surface area (Å²) >= 11 is 12.2. The molecule has 2 aromatic rings. The second-order valence-corrected chi connectivity index (χ2v) is 6.48. The fourth-order valence-electron chi connectivity index (χ4n) is 2.38. The average molecular weight is 326 g/mol. The normalized spacial score (nSPS) is 11.3. The van der Waals surface area contributed by atoms with Gasteiger partial charge in [-0.25, -0.2) is 4.98 Å². The van der Waals surface area contributed by atoms with Gasteiger partial charge >= 0.3 is 0 Å². The van der Waals surface area contributed by atoms with Gasteiger partial charge in [0.1, 0.15) is 17.3 Å². The number of nitrogens with zero attached hydrogens (tertiary/aromatic N) is 2. The Balaban J connectivity index is 2.53. The number of aromatic nitrogens is 2. The Kier molecular flexibility index (Phi) is 5.17. The van der Waals surface area contributed by atoms with Crippen LogP contribution in [0.3, 0.4) is 0 Å². The smallest absolute Gasteiger partial charge is 0.131 e. The number of aryl methyl sites for hydroxylation is 1. The van der Waals surface area contributed by atoms with Gasteiger partial charge in [0, 0.05) is 23.6 Å². The summed E-state index contributed by atoms with van der Waals surface area (Å²) in [6.07, 6.45) is 1.93. The molecule has 1 heterocycles. The maximum Gasteiger partial charge on any atom is 0.131 e. The van der Waals surface area contributed by atoms with Gasteiger partial charge in [-0.1, -0.05) is 44.0 Å². The van der Waals surface area contributed by atoms with Crippen molar-refractivity contribution in [1.82, 2.24) is 9.55 Å². The van der Waals surface area contributed by atoms with Gasteiger partial charge in [0.15, 0.2) is 0 Å². The van der Waals surface area contributed by atoms with Gasteiger partial charge in [0.05, 0.1) is 5.02 Å². The Hall–Kier alpha value is -1.19. The summed E-state index contributed by atoms with van der Waals surface area (Å²) < 4.78 is 2.11. The molecule has 0 saturated heterocycles. The van der Waals surface area contributed by atoms with Crippen molar-refractivity contribution in [2.75, 3.05) is 5.73 Å². The van der Waals surface area contributed by atoms with E-state index in [1.807, 2.05) is 12.1 Å². The van der Waals surface area contributed by atoms with Crippen LogP contribution in [0.25, 0.3) is 11.3 Å². The van der Waals surface area contributed by atoms with Crippen LogP contribution in [0.1, 0.15) is 33.0 Å². The minimum atomic E-state index is 0.505. The predicted molar refractivity (Wildman–Crippen MR) is 90.9 cm³/mol. The van der Waals surface area contributed by atoms with Crippen molar-refractivity contribution in [3.8, 4) is 11.3 Å². The highest BCUT2D eigenvalue weighted by Crippen LogP contribution is 2.34. The van der Waals surface area contributed by atoms with Crippen LogP contribution in [0.5, 0.6) is 0 Å². The molecular weight excluding hydrogens is 305 g/mol. The fourth-order valence-corrected chi connectivity index (χ4v) is 2.87. The van der Waals surface area contributed by atoms with Crippen LogP contribution in [-0.4, -0.2) is 9.55 Å². The number of nitrogen functional groups attached to an aromatic ring is 1. The average Bonchev–Trinajstić information content (AvgIpc) is 2.68. The number of nitrogens with two attached hydrogens (primary N) is 1. The third kappa shape index (κ3) is 3.53. The number of imidazole rings is 1. The Morgan fingerprint density at radius 2 is 2.00 bits per heavy atom. The van der Waals surface area contributed by atoms with Crippen LogP contribution in [-0.2, 0) is 13.0 Å². The van der Waals surface area contributed by atoms with Crippen molar-refractivity contribution in [2.45, 2.75) is 40.2 Å². The molecule has 0 bridgehead atoms. The van der Waals surface area contributed by atoms with E-state index >= 15 is 0 Å². The topological polar surface area (TPSA) is 43.8 Å². The molecule has 2 rings (SSSR count). The van der Waals surface area contributed by atoms with Gasteiger partial charge in [-0.15, -0.1) is 0 Å². The summed E-state index contributed by atoms with van der Waals surface area (Å²) in [4.78, 5) is 4.72. The van der Waals surface area contributed by atoms with Crippen molar-refractivity contribution in [1.29, 1.82) is 0 Å².